The van der Waals surface area contributed by atoms with Gasteiger partial charge in [0.15, 0.2) is 5.76 Å². The van der Waals surface area contributed by atoms with Crippen molar-refractivity contribution in [2.45, 2.75) is 12.6 Å². The first-order chi connectivity index (χ1) is 13.1. The van der Waals surface area contributed by atoms with Gasteiger partial charge in [-0.25, -0.2) is 0 Å². The molecule has 28 heavy (non-hydrogen) atoms. The number of carbonyl (C=O) groups excluding carboxylic acids is 2. The molecule has 0 aliphatic heterocycles. The third kappa shape index (κ3) is 6.07. The minimum Gasteiger partial charge on any atom is -0.548 e. The van der Waals surface area contributed by atoms with Crippen molar-refractivity contribution in [2.75, 3.05) is 6.61 Å². The molecule has 3 aromatic rings. The van der Waals surface area contributed by atoms with Gasteiger partial charge in [-0.1, -0.05) is 60.7 Å². The number of ether oxygens (including phenoxy) is 1. The summed E-state index contributed by atoms with van der Waals surface area (Å²) in [6, 6.07) is 20.5. The molecule has 1 unspecified atom stereocenters. The summed E-state index contributed by atoms with van der Waals surface area (Å²) >= 11 is 0. The van der Waals surface area contributed by atoms with E-state index in [1.165, 1.54) is 6.07 Å². The van der Waals surface area contributed by atoms with E-state index < -0.39 is 17.9 Å². The average Bonchev–Trinajstić information content (AvgIpc) is 3.19. The van der Waals surface area contributed by atoms with Crippen LogP contribution >= 0.6 is 0 Å². The molecule has 1 N–H and O–H groups in total. The van der Waals surface area contributed by atoms with Crippen LogP contribution in [0.4, 0.5) is 0 Å². The third-order valence-corrected chi connectivity index (χ3v) is 3.87. The second-order valence-electron chi connectivity index (χ2n) is 5.88. The molecule has 0 saturated heterocycles. The van der Waals surface area contributed by atoms with Gasteiger partial charge in [-0.3, -0.25) is 4.79 Å². The van der Waals surface area contributed by atoms with Crippen molar-refractivity contribution in [3.8, 4) is 11.3 Å². The fourth-order valence-electron chi connectivity index (χ4n) is 2.48. The second-order valence-corrected chi connectivity index (χ2v) is 5.88. The minimum atomic E-state index is -1.42. The molecule has 0 fully saturated rings. The molecule has 1 heterocycles. The summed E-state index contributed by atoms with van der Waals surface area (Å²) in [5.41, 5.74) is 1.72. The maximum absolute atomic E-state index is 12.3. The second kappa shape index (κ2) is 10.8. The van der Waals surface area contributed by atoms with Gasteiger partial charge in [0.05, 0.1) is 25.2 Å². The Kier molecular flexibility index (Phi) is 8.47. The van der Waals surface area contributed by atoms with Crippen molar-refractivity contribution < 1.29 is 53.4 Å². The molecule has 3 rings (SSSR count). The van der Waals surface area contributed by atoms with Crippen LogP contribution in [0.5, 0.6) is 0 Å². The summed E-state index contributed by atoms with van der Waals surface area (Å²) in [5, 5.41) is 13.7. The fourth-order valence-corrected chi connectivity index (χ4v) is 2.48. The van der Waals surface area contributed by atoms with Crippen LogP contribution in [-0.4, -0.2) is 24.5 Å². The van der Waals surface area contributed by atoms with Crippen LogP contribution in [0.3, 0.4) is 0 Å². The Labute approximate surface area is 184 Å². The van der Waals surface area contributed by atoms with Crippen molar-refractivity contribution in [3.05, 3.63) is 84.1 Å². The van der Waals surface area contributed by atoms with Crippen molar-refractivity contribution in [2.24, 2.45) is 0 Å². The predicted octanol–water partition coefficient (Wildman–Crippen LogP) is -0.984. The molecular weight excluding hydrogens is 369 g/mol. The molecule has 0 aliphatic rings. The third-order valence-electron chi connectivity index (χ3n) is 3.87. The van der Waals surface area contributed by atoms with Crippen molar-refractivity contribution >= 4 is 11.9 Å². The molecule has 0 radical (unpaired) electrons. The molecule has 0 aliphatic carbocycles. The van der Waals surface area contributed by atoms with Crippen LogP contribution in [0.25, 0.3) is 11.3 Å². The van der Waals surface area contributed by atoms with Gasteiger partial charge in [-0.05, 0) is 17.7 Å². The maximum Gasteiger partial charge on any atom is 1.00 e. The first-order valence-corrected chi connectivity index (χ1v) is 8.42. The van der Waals surface area contributed by atoms with Gasteiger partial charge in [-0.2, -0.15) is 0 Å². The van der Waals surface area contributed by atoms with E-state index in [4.69, 9.17) is 9.15 Å². The van der Waals surface area contributed by atoms with E-state index >= 15 is 0 Å². The van der Waals surface area contributed by atoms with E-state index in [2.05, 4.69) is 5.32 Å². The van der Waals surface area contributed by atoms with Gasteiger partial charge in [0.2, 0.25) is 0 Å². The molecule has 6 nitrogen and oxygen atoms in total. The number of hydrogen-bond acceptors (Lipinski definition) is 5. The first kappa shape index (κ1) is 21.9. The van der Waals surface area contributed by atoms with Gasteiger partial charge in [0.1, 0.15) is 5.76 Å². The standard InChI is InChI=1S/C21H19NO5.Na/c23-20(19-12-11-18(27-19)16-9-5-2-6-10-16)22-17(21(24)25)14-26-13-15-7-3-1-4-8-15;/h1-12,17H,13-14H2,(H,22,23)(H,24,25);/q;+1/p-1. The Morgan fingerprint density at radius 1 is 0.964 bits per heavy atom. The maximum atomic E-state index is 12.3. The van der Waals surface area contributed by atoms with E-state index in [1.807, 2.05) is 60.7 Å². The van der Waals surface area contributed by atoms with E-state index in [0.717, 1.165) is 11.1 Å². The van der Waals surface area contributed by atoms with Gasteiger partial charge >= 0.3 is 29.6 Å². The van der Waals surface area contributed by atoms with Gasteiger partial charge in [0.25, 0.3) is 5.91 Å². The Bertz CT molecular complexity index is 895. The average molecular weight is 387 g/mol. The summed E-state index contributed by atoms with van der Waals surface area (Å²) in [6.07, 6.45) is 0. The zero-order valence-electron chi connectivity index (χ0n) is 15.5. The van der Waals surface area contributed by atoms with E-state index in [9.17, 15) is 14.7 Å². The molecular formula is C21H18NNaO5. The number of amides is 1. The Hall–Kier alpha value is -2.38. The quantitative estimate of drug-likeness (QED) is 0.502. The molecule has 7 heteroatoms. The van der Waals surface area contributed by atoms with E-state index in [-0.39, 0.29) is 48.5 Å². The van der Waals surface area contributed by atoms with Crippen LogP contribution in [-0.2, 0) is 16.1 Å². The topological polar surface area (TPSA) is 91.6 Å². The molecule has 1 aromatic heterocycles. The van der Waals surface area contributed by atoms with Crippen molar-refractivity contribution in [3.63, 3.8) is 0 Å². The largest absolute Gasteiger partial charge is 1.00 e. The van der Waals surface area contributed by atoms with Gasteiger partial charge < -0.3 is 24.4 Å². The van der Waals surface area contributed by atoms with Crippen LogP contribution in [0.15, 0.2) is 77.2 Å². The number of carboxylic acids is 1. The van der Waals surface area contributed by atoms with Crippen LogP contribution in [0.2, 0.25) is 0 Å². The monoisotopic (exact) mass is 387 g/mol. The molecule has 1 atom stereocenters. The number of furan rings is 1. The zero-order chi connectivity index (χ0) is 19.1. The summed E-state index contributed by atoms with van der Waals surface area (Å²) < 4.78 is 10.9. The number of aliphatic carboxylic acids is 1. The van der Waals surface area contributed by atoms with Crippen molar-refractivity contribution in [1.29, 1.82) is 0 Å². The Balaban J connectivity index is 0.00000280. The number of carbonyl (C=O) groups is 2. The Morgan fingerprint density at radius 3 is 2.25 bits per heavy atom. The summed E-state index contributed by atoms with van der Waals surface area (Å²) in [6.45, 7) is 0.0224. The molecule has 0 spiro atoms. The normalized spacial score (nSPS) is 11.3. The number of rotatable bonds is 8. The van der Waals surface area contributed by atoms with Crippen LogP contribution in [0.1, 0.15) is 16.1 Å². The summed E-state index contributed by atoms with van der Waals surface area (Å²) in [7, 11) is 0. The number of benzene rings is 2. The molecule has 0 saturated carbocycles. The first-order valence-electron chi connectivity index (χ1n) is 8.42. The Morgan fingerprint density at radius 2 is 1.61 bits per heavy atom. The van der Waals surface area contributed by atoms with Crippen LogP contribution in [0, 0.1) is 0 Å². The predicted molar refractivity (Wildman–Crippen MR) is 96.5 cm³/mol. The van der Waals surface area contributed by atoms with Gasteiger partial charge in [-0.15, -0.1) is 0 Å². The van der Waals surface area contributed by atoms with Crippen LogP contribution < -0.4 is 40.0 Å². The zero-order valence-corrected chi connectivity index (χ0v) is 17.5. The summed E-state index contributed by atoms with van der Waals surface area (Å²) in [4.78, 5) is 23.6. The number of hydrogen-bond donors (Lipinski definition) is 1. The smallest absolute Gasteiger partial charge is 0.548 e. The van der Waals surface area contributed by atoms with Gasteiger partial charge in [0, 0.05) is 5.56 Å². The molecule has 138 valence electrons. The van der Waals surface area contributed by atoms with E-state index in [1.54, 1.807) is 6.07 Å². The molecule has 0 bridgehead atoms. The molecule has 2 aromatic carbocycles. The van der Waals surface area contributed by atoms with E-state index in [0.29, 0.717) is 5.76 Å². The number of carboxylic acid groups (broad SMARTS) is 1. The minimum absolute atomic E-state index is 0. The number of nitrogens with one attached hydrogen (secondary N) is 1. The van der Waals surface area contributed by atoms with Crippen molar-refractivity contribution in [1.82, 2.24) is 5.32 Å². The fraction of sp³-hybridized carbons (Fsp3) is 0.143. The molecule has 1 amide bonds. The summed E-state index contributed by atoms with van der Waals surface area (Å²) in [5.74, 6) is -1.53. The SMILES string of the molecule is O=C(NC(COCc1ccccc1)C(=O)[O-])c1ccc(-c2ccccc2)o1.[Na+].